The van der Waals surface area contributed by atoms with Crippen molar-refractivity contribution in [1.29, 1.82) is 0 Å². The van der Waals surface area contributed by atoms with Crippen molar-refractivity contribution in [1.82, 2.24) is 10.3 Å². The zero-order valence-electron chi connectivity index (χ0n) is 17.0. The number of rotatable bonds is 7. The van der Waals surface area contributed by atoms with Crippen LogP contribution in [0.4, 0.5) is 5.69 Å². The zero-order chi connectivity index (χ0) is 20.3. The Kier molecular flexibility index (Phi) is 6.12. The fourth-order valence-electron chi connectivity index (χ4n) is 3.51. The lowest BCUT2D eigenvalue weighted by Crippen LogP contribution is -2.27. The Morgan fingerprint density at radius 1 is 1.00 bits per heavy atom. The van der Waals surface area contributed by atoms with Gasteiger partial charge in [-0.05, 0) is 41.0 Å². The minimum absolute atomic E-state index is 0.0588. The minimum Gasteiger partial charge on any atom is -0.352 e. The molecule has 5 heteroatoms. The van der Waals surface area contributed by atoms with Crippen LogP contribution < -0.4 is 10.6 Å². The molecule has 5 nitrogen and oxygen atoms in total. The third kappa shape index (κ3) is 4.58. The van der Waals surface area contributed by atoms with Gasteiger partial charge in [0.15, 0.2) is 0 Å². The third-order valence-electron chi connectivity index (χ3n) is 5.27. The maximum atomic E-state index is 12.8. The van der Waals surface area contributed by atoms with E-state index < -0.39 is 0 Å². The summed E-state index contributed by atoms with van der Waals surface area (Å²) in [6.07, 6.45) is 4.03. The van der Waals surface area contributed by atoms with Crippen molar-refractivity contribution >= 4 is 17.5 Å². The van der Waals surface area contributed by atoms with Crippen molar-refractivity contribution in [2.45, 2.75) is 52.5 Å². The Labute approximate surface area is 167 Å². The summed E-state index contributed by atoms with van der Waals surface area (Å²) >= 11 is 0. The fourth-order valence-corrected chi connectivity index (χ4v) is 3.51. The number of hydrogen-bond acceptors (Lipinski definition) is 3. The lowest BCUT2D eigenvalue weighted by molar-refractivity contribution is -0.125. The average Bonchev–Trinajstić information content (AvgIpc) is 3.47. The molecule has 1 heterocycles. The van der Waals surface area contributed by atoms with E-state index in [9.17, 15) is 9.59 Å². The average molecular weight is 380 g/mol. The maximum absolute atomic E-state index is 12.8. The van der Waals surface area contributed by atoms with E-state index in [1.54, 1.807) is 12.4 Å². The number of nitrogens with one attached hydrogen (secondary N) is 2. The van der Waals surface area contributed by atoms with Crippen LogP contribution in [-0.4, -0.2) is 16.8 Å². The maximum Gasteiger partial charge on any atom is 0.228 e. The zero-order valence-corrected chi connectivity index (χ0v) is 17.0. The fraction of sp³-hybridized carbons (Fsp3) is 0.435. The van der Waals surface area contributed by atoms with Crippen molar-refractivity contribution < 1.29 is 9.59 Å². The molecule has 2 amide bonds. The largest absolute Gasteiger partial charge is 0.352 e. The van der Waals surface area contributed by atoms with Crippen LogP contribution >= 0.6 is 0 Å². The molecular formula is C23H29N3O2. The molecule has 2 aromatic rings. The molecule has 0 radical (unpaired) electrons. The van der Waals surface area contributed by atoms with Gasteiger partial charge in [-0.2, -0.15) is 0 Å². The van der Waals surface area contributed by atoms with Gasteiger partial charge in [0.05, 0.1) is 11.8 Å². The molecule has 1 aromatic heterocycles. The van der Waals surface area contributed by atoms with Gasteiger partial charge < -0.3 is 10.6 Å². The van der Waals surface area contributed by atoms with Crippen LogP contribution in [0.15, 0.2) is 42.7 Å². The first-order chi connectivity index (χ1) is 13.4. The third-order valence-corrected chi connectivity index (χ3v) is 5.27. The molecular weight excluding hydrogens is 350 g/mol. The van der Waals surface area contributed by atoms with Crippen LogP contribution in [0.5, 0.6) is 0 Å². The predicted octanol–water partition coefficient (Wildman–Crippen LogP) is 4.22. The van der Waals surface area contributed by atoms with Gasteiger partial charge in [-0.1, -0.05) is 52.0 Å². The molecule has 0 spiro atoms. The number of amides is 2. The highest BCUT2D eigenvalue weighted by Crippen LogP contribution is 2.41. The number of nitrogens with zero attached hydrogens (tertiary/aromatic N) is 1. The van der Waals surface area contributed by atoms with E-state index >= 15 is 0 Å². The Bertz CT molecular complexity index is 820. The van der Waals surface area contributed by atoms with E-state index in [0.717, 1.165) is 22.4 Å². The summed E-state index contributed by atoms with van der Waals surface area (Å²) in [5.41, 5.74) is 4.14. The smallest absolute Gasteiger partial charge is 0.228 e. The highest BCUT2D eigenvalue weighted by Gasteiger charge is 2.48. The lowest BCUT2D eigenvalue weighted by atomic mass is 9.92. The Morgan fingerprint density at radius 3 is 2.21 bits per heavy atom. The van der Waals surface area contributed by atoms with Gasteiger partial charge in [-0.15, -0.1) is 0 Å². The first kappa shape index (κ1) is 20.1. The highest BCUT2D eigenvalue weighted by atomic mass is 16.2. The van der Waals surface area contributed by atoms with Gasteiger partial charge in [0.1, 0.15) is 0 Å². The van der Waals surface area contributed by atoms with E-state index in [1.165, 1.54) is 0 Å². The second-order valence-electron chi connectivity index (χ2n) is 8.14. The van der Waals surface area contributed by atoms with Gasteiger partial charge in [0, 0.05) is 24.6 Å². The number of carbonyl (C=O) groups is 2. The Balaban J connectivity index is 1.63. The summed E-state index contributed by atoms with van der Waals surface area (Å²) in [6, 6.07) is 9.94. The standard InChI is InChI=1S/C23H29N3O2/c1-14(2)17-8-5-9-18(15(3)4)21(17)26-23(28)20-11-19(20)22(27)25-13-16-7-6-10-24-12-16/h5-10,12,14-15,19-20H,11,13H2,1-4H3,(H,25,27)(H,26,28). The van der Waals surface area contributed by atoms with Crippen LogP contribution in [0.2, 0.25) is 0 Å². The second kappa shape index (κ2) is 8.55. The molecule has 1 aromatic carbocycles. The van der Waals surface area contributed by atoms with E-state index in [1.807, 2.05) is 18.2 Å². The van der Waals surface area contributed by atoms with Gasteiger partial charge >= 0.3 is 0 Å². The number of carbonyl (C=O) groups excluding carboxylic acids is 2. The van der Waals surface area contributed by atoms with Gasteiger partial charge in [0.2, 0.25) is 11.8 Å². The Morgan fingerprint density at radius 2 is 1.64 bits per heavy atom. The predicted molar refractivity (Wildman–Crippen MR) is 111 cm³/mol. The van der Waals surface area contributed by atoms with Gasteiger partial charge in [-0.25, -0.2) is 0 Å². The first-order valence-corrected chi connectivity index (χ1v) is 9.98. The second-order valence-corrected chi connectivity index (χ2v) is 8.14. The highest BCUT2D eigenvalue weighted by molar-refractivity contribution is 6.00. The molecule has 0 bridgehead atoms. The van der Waals surface area contributed by atoms with E-state index in [4.69, 9.17) is 0 Å². The summed E-state index contributed by atoms with van der Waals surface area (Å²) in [7, 11) is 0. The van der Waals surface area contributed by atoms with E-state index in [0.29, 0.717) is 24.8 Å². The van der Waals surface area contributed by atoms with Gasteiger partial charge in [-0.3, -0.25) is 14.6 Å². The van der Waals surface area contributed by atoms with Crippen LogP contribution in [-0.2, 0) is 16.1 Å². The molecule has 1 aliphatic rings. The molecule has 3 rings (SSSR count). The SMILES string of the molecule is CC(C)c1cccc(C(C)C)c1NC(=O)C1CC1C(=O)NCc1cccnc1. The van der Waals surface area contributed by atoms with Crippen molar-refractivity contribution in [3.63, 3.8) is 0 Å². The first-order valence-electron chi connectivity index (χ1n) is 9.98. The van der Waals surface area contributed by atoms with Crippen molar-refractivity contribution in [3.05, 3.63) is 59.4 Å². The summed E-state index contributed by atoms with van der Waals surface area (Å²) in [4.78, 5) is 29.2. The lowest BCUT2D eigenvalue weighted by Gasteiger charge is -2.20. The monoisotopic (exact) mass is 379 g/mol. The number of para-hydroxylation sites is 1. The van der Waals surface area contributed by atoms with E-state index in [2.05, 4.69) is 55.4 Å². The molecule has 148 valence electrons. The Hall–Kier alpha value is -2.69. The van der Waals surface area contributed by atoms with Crippen LogP contribution in [0.3, 0.4) is 0 Å². The molecule has 1 aliphatic carbocycles. The van der Waals surface area contributed by atoms with Crippen molar-refractivity contribution in [2.75, 3.05) is 5.32 Å². The summed E-state index contributed by atoms with van der Waals surface area (Å²) in [5, 5.41) is 6.04. The molecule has 0 saturated heterocycles. The summed E-state index contributed by atoms with van der Waals surface area (Å²) < 4.78 is 0. The molecule has 1 fully saturated rings. The molecule has 2 unspecified atom stereocenters. The van der Waals surface area contributed by atoms with Crippen LogP contribution in [0, 0.1) is 11.8 Å². The quantitative estimate of drug-likeness (QED) is 0.757. The number of hydrogen-bond donors (Lipinski definition) is 2. The summed E-state index contributed by atoms with van der Waals surface area (Å²) in [6.45, 7) is 8.94. The number of anilines is 1. The molecule has 1 saturated carbocycles. The molecule has 2 atom stereocenters. The molecule has 0 aliphatic heterocycles. The molecule has 28 heavy (non-hydrogen) atoms. The van der Waals surface area contributed by atoms with Crippen molar-refractivity contribution in [3.8, 4) is 0 Å². The number of pyridine rings is 1. The minimum atomic E-state index is -0.255. The van der Waals surface area contributed by atoms with E-state index in [-0.39, 0.29) is 23.7 Å². The van der Waals surface area contributed by atoms with Gasteiger partial charge in [0.25, 0.3) is 0 Å². The van der Waals surface area contributed by atoms with Crippen LogP contribution in [0.25, 0.3) is 0 Å². The number of benzene rings is 1. The summed E-state index contributed by atoms with van der Waals surface area (Å²) in [5.74, 6) is -0.000155. The topological polar surface area (TPSA) is 71.1 Å². The number of aromatic nitrogens is 1. The van der Waals surface area contributed by atoms with Crippen LogP contribution in [0.1, 0.15) is 62.6 Å². The van der Waals surface area contributed by atoms with Crippen molar-refractivity contribution in [2.24, 2.45) is 11.8 Å². The normalized spacial score (nSPS) is 18.2. The molecule has 2 N–H and O–H groups in total.